The summed E-state index contributed by atoms with van der Waals surface area (Å²) in [5.74, 6) is 1.91. The van der Waals surface area contributed by atoms with Crippen molar-refractivity contribution >= 4 is 16.6 Å². The summed E-state index contributed by atoms with van der Waals surface area (Å²) in [5, 5.41) is 14.6. The molecule has 0 radical (unpaired) electrons. The minimum atomic E-state index is -0.926. The van der Waals surface area contributed by atoms with Gasteiger partial charge in [-0.3, -0.25) is 9.91 Å². The maximum atomic E-state index is 14.2. The summed E-state index contributed by atoms with van der Waals surface area (Å²) >= 11 is 0. The topological polar surface area (TPSA) is 115 Å². The third kappa shape index (κ3) is 7.72. The minimum absolute atomic E-state index is 0.000376. The molecule has 0 amide bonds. The number of aromatic amines is 1. The van der Waals surface area contributed by atoms with Crippen molar-refractivity contribution in [3.63, 3.8) is 0 Å². The van der Waals surface area contributed by atoms with Crippen LogP contribution in [0.5, 0.6) is 11.5 Å². The van der Waals surface area contributed by atoms with Gasteiger partial charge in [-0.05, 0) is 88.4 Å². The Morgan fingerprint density at radius 3 is 2.43 bits per heavy atom. The molecule has 1 aromatic heterocycles. The molecule has 5 aliphatic rings. The lowest BCUT2D eigenvalue weighted by molar-refractivity contribution is 0.0114. The number of H-pyrrole nitrogens is 1. The molecular weight excluding hydrogens is 686 g/mol. The number of rotatable bonds is 10. The molecule has 4 aliphatic heterocycles. The molecule has 1 aliphatic carbocycles. The van der Waals surface area contributed by atoms with Gasteiger partial charge in [0, 0.05) is 91.7 Å². The fraction of sp³-hybridized carbons (Fsp3) is 0.524. The van der Waals surface area contributed by atoms with Crippen LogP contribution in [-0.4, -0.2) is 102 Å². The average molecular weight is 742 g/mol. The highest BCUT2D eigenvalue weighted by Gasteiger charge is 2.33. The number of allylic oxidation sites excluding steroid dienone is 4. The maximum absolute atomic E-state index is 14.2. The van der Waals surface area contributed by atoms with Crippen LogP contribution in [0, 0.1) is 11.7 Å². The van der Waals surface area contributed by atoms with Crippen molar-refractivity contribution in [2.24, 2.45) is 11.7 Å². The number of anilines is 1. The predicted octanol–water partition coefficient (Wildman–Crippen LogP) is 5.77. The van der Waals surface area contributed by atoms with E-state index in [4.69, 9.17) is 19.9 Å². The Balaban J connectivity index is 1.01. The first-order valence-electron chi connectivity index (χ1n) is 19.9. The molecule has 2 aromatic carbocycles. The number of aliphatic hydroxyl groups is 1. The van der Waals surface area contributed by atoms with Gasteiger partial charge >= 0.3 is 0 Å². The first-order chi connectivity index (χ1) is 26.2. The van der Waals surface area contributed by atoms with Crippen LogP contribution in [0.25, 0.3) is 10.9 Å². The van der Waals surface area contributed by atoms with Crippen molar-refractivity contribution in [2.45, 2.75) is 77.2 Å². The summed E-state index contributed by atoms with van der Waals surface area (Å²) in [5.41, 5.74) is 14.5. The quantitative estimate of drug-likeness (QED) is 0.204. The molecule has 0 saturated carbocycles. The van der Waals surface area contributed by atoms with Crippen LogP contribution in [0.2, 0.25) is 0 Å². The Morgan fingerprint density at radius 2 is 1.70 bits per heavy atom. The summed E-state index contributed by atoms with van der Waals surface area (Å²) in [7, 11) is 0. The molecule has 2 unspecified atom stereocenters. The number of likely N-dealkylation sites (tertiary alicyclic amines) is 1. The van der Waals surface area contributed by atoms with Gasteiger partial charge in [0.2, 0.25) is 0 Å². The Bertz CT molecular complexity index is 1890. The number of ether oxygens (including phenoxy) is 3. The lowest BCUT2D eigenvalue weighted by Crippen LogP contribution is -2.49. The second kappa shape index (κ2) is 16.0. The highest BCUT2D eigenvalue weighted by molar-refractivity contribution is 5.87. The Morgan fingerprint density at radius 1 is 0.944 bits per heavy atom. The Labute approximate surface area is 318 Å². The van der Waals surface area contributed by atoms with Gasteiger partial charge in [0.15, 0.2) is 11.6 Å². The van der Waals surface area contributed by atoms with Gasteiger partial charge in [-0.2, -0.15) is 0 Å². The molecule has 12 heteroatoms. The first-order valence-corrected chi connectivity index (χ1v) is 19.9. The number of nitrogens with two attached hydrogens (primary N) is 1. The number of hydrogen-bond acceptors (Lipinski definition) is 10. The maximum Gasteiger partial charge on any atom is 0.165 e. The van der Waals surface area contributed by atoms with Crippen molar-refractivity contribution in [2.75, 3.05) is 63.9 Å². The minimum Gasteiger partial charge on any atom is -0.488 e. The Hall–Kier alpha value is -4.07. The number of halogens is 1. The number of para-hydroxylation sites is 1. The lowest BCUT2D eigenvalue weighted by Gasteiger charge is -2.41. The summed E-state index contributed by atoms with van der Waals surface area (Å²) < 4.78 is 32.7. The number of hydrazine groups is 1. The molecule has 0 spiro atoms. The predicted molar refractivity (Wildman–Crippen MR) is 209 cm³/mol. The lowest BCUT2D eigenvalue weighted by atomic mass is 9.97. The molecule has 0 bridgehead atoms. The summed E-state index contributed by atoms with van der Waals surface area (Å²) in [6.45, 7) is 14.7. The van der Waals surface area contributed by atoms with Crippen LogP contribution in [0.3, 0.4) is 0 Å². The van der Waals surface area contributed by atoms with E-state index in [1.165, 1.54) is 6.07 Å². The number of morpholine rings is 1. The number of piperidine rings is 2. The number of benzene rings is 2. The highest BCUT2D eigenvalue weighted by atomic mass is 19.1. The van der Waals surface area contributed by atoms with Gasteiger partial charge in [0.05, 0.1) is 18.9 Å². The zero-order valence-electron chi connectivity index (χ0n) is 31.9. The van der Waals surface area contributed by atoms with Crippen molar-refractivity contribution < 1.29 is 23.7 Å². The molecule has 11 nitrogen and oxygen atoms in total. The van der Waals surface area contributed by atoms with E-state index < -0.39 is 11.9 Å². The molecule has 290 valence electrons. The van der Waals surface area contributed by atoms with Gasteiger partial charge < -0.3 is 39.8 Å². The van der Waals surface area contributed by atoms with E-state index in [9.17, 15) is 9.50 Å². The molecule has 3 saturated heterocycles. The van der Waals surface area contributed by atoms with Crippen LogP contribution in [-0.2, 0) is 4.74 Å². The number of hydrogen-bond donors (Lipinski definition) is 4. The van der Waals surface area contributed by atoms with Crippen LogP contribution in [0.4, 0.5) is 10.1 Å². The van der Waals surface area contributed by atoms with Gasteiger partial charge in [-0.1, -0.05) is 19.1 Å². The third-order valence-corrected chi connectivity index (χ3v) is 12.0. The molecule has 2 atom stereocenters. The standard InChI is InChI=1S/C42H56FN7O4/c1-27(2)47-16-12-32(13-17-47)53-40-24-29-23-36(46-35(29)25-37(40)49-14-10-30(11-15-49)48-18-20-52-21-19-48)41(51)33-26-45-50(42(33)44)31-8-9-38(28(3)22-31)54-39-7-5-4-6-34(39)43/h4-9,23-25,27-28,30,32,41,45-46,51H,10-22,26,44H2,1-3H3. The first kappa shape index (κ1) is 36.9. The second-order valence-electron chi connectivity index (χ2n) is 15.8. The number of nitrogens with one attached hydrogen (secondary N) is 2. The summed E-state index contributed by atoms with van der Waals surface area (Å²) in [6.07, 6.45) is 7.92. The highest BCUT2D eigenvalue weighted by Crippen LogP contribution is 2.40. The fourth-order valence-electron chi connectivity index (χ4n) is 8.71. The van der Waals surface area contributed by atoms with Gasteiger partial charge in [-0.15, -0.1) is 0 Å². The molecule has 3 fully saturated rings. The SMILES string of the molecule is CC1CC(N2NCC(C(O)c3cc4cc(OC5CCN(C(C)C)CC5)c(N5CCC(N6CCOCC6)CC5)cc4[nH]3)=C2N)=CC=C1Oc1ccccc1F. The number of nitrogens with zero attached hydrogens (tertiary/aromatic N) is 4. The van der Waals surface area contributed by atoms with E-state index in [0.717, 1.165) is 106 Å². The van der Waals surface area contributed by atoms with Crippen LogP contribution in [0.15, 0.2) is 77.5 Å². The summed E-state index contributed by atoms with van der Waals surface area (Å²) in [6, 6.07) is 14.0. The molecule has 5 N–H and O–H groups in total. The fourth-order valence-corrected chi connectivity index (χ4v) is 8.71. The van der Waals surface area contributed by atoms with Crippen LogP contribution < -0.4 is 25.5 Å². The van der Waals surface area contributed by atoms with Gasteiger partial charge in [0.1, 0.15) is 29.5 Å². The molecule has 54 heavy (non-hydrogen) atoms. The Kier molecular flexibility index (Phi) is 10.9. The van der Waals surface area contributed by atoms with Crippen LogP contribution in [0.1, 0.15) is 64.7 Å². The van der Waals surface area contributed by atoms with E-state index in [1.54, 1.807) is 18.2 Å². The monoisotopic (exact) mass is 741 g/mol. The third-order valence-electron chi connectivity index (χ3n) is 12.0. The number of aliphatic hydroxyl groups excluding tert-OH is 1. The largest absolute Gasteiger partial charge is 0.488 e. The number of aromatic nitrogens is 1. The van der Waals surface area contributed by atoms with E-state index in [1.807, 2.05) is 30.2 Å². The van der Waals surface area contributed by atoms with Crippen molar-refractivity contribution in [3.05, 3.63) is 89.0 Å². The normalized spacial score (nSPS) is 23.3. The van der Waals surface area contributed by atoms with Crippen LogP contribution >= 0.6 is 0 Å². The van der Waals surface area contributed by atoms with Crippen molar-refractivity contribution in [1.29, 1.82) is 0 Å². The van der Waals surface area contributed by atoms with E-state index in [0.29, 0.717) is 47.9 Å². The van der Waals surface area contributed by atoms with Crippen molar-refractivity contribution in [1.82, 2.24) is 25.2 Å². The second-order valence-corrected chi connectivity index (χ2v) is 15.8. The average Bonchev–Trinajstić information content (AvgIpc) is 3.79. The molecule has 8 rings (SSSR count). The van der Waals surface area contributed by atoms with Gasteiger partial charge in [0.25, 0.3) is 0 Å². The molecule has 3 aromatic rings. The van der Waals surface area contributed by atoms with E-state index in [2.05, 4.69) is 51.1 Å². The van der Waals surface area contributed by atoms with E-state index >= 15 is 0 Å². The number of fused-ring (bicyclic) bond motifs is 1. The summed E-state index contributed by atoms with van der Waals surface area (Å²) in [4.78, 5) is 11.2. The molecule has 5 heterocycles. The molecular formula is C42H56FN7O4. The van der Waals surface area contributed by atoms with Gasteiger partial charge in [-0.25, -0.2) is 9.82 Å². The van der Waals surface area contributed by atoms with Crippen molar-refractivity contribution in [3.8, 4) is 11.5 Å². The zero-order chi connectivity index (χ0) is 37.3. The smallest absolute Gasteiger partial charge is 0.165 e. The van der Waals surface area contributed by atoms with E-state index in [-0.39, 0.29) is 17.8 Å². The zero-order valence-corrected chi connectivity index (χ0v) is 31.9.